The highest BCUT2D eigenvalue weighted by molar-refractivity contribution is 9.10. The van der Waals surface area contributed by atoms with E-state index < -0.39 is 0 Å². The van der Waals surface area contributed by atoms with Gasteiger partial charge in [0.1, 0.15) is 0 Å². The first-order valence-electron chi connectivity index (χ1n) is 6.18. The van der Waals surface area contributed by atoms with Crippen LogP contribution in [0.5, 0.6) is 0 Å². The van der Waals surface area contributed by atoms with E-state index in [9.17, 15) is 4.79 Å². The molecule has 19 heavy (non-hydrogen) atoms. The maximum atomic E-state index is 12.2. The Bertz CT molecular complexity index is 487. The summed E-state index contributed by atoms with van der Waals surface area (Å²) in [4.78, 5) is 16.2. The predicted octanol–water partition coefficient (Wildman–Crippen LogP) is 3.19. The minimum atomic E-state index is -0.0606. The van der Waals surface area contributed by atoms with Crippen molar-refractivity contribution in [3.05, 3.63) is 27.2 Å². The lowest BCUT2D eigenvalue weighted by molar-refractivity contribution is 0.164. The number of benzene rings is 1. The highest BCUT2D eigenvalue weighted by Gasteiger charge is 2.19. The number of amides is 2. The molecule has 1 heterocycles. The summed E-state index contributed by atoms with van der Waals surface area (Å²) >= 11 is 9.52. The molecular formula is C13H17BrClN3O. The molecule has 4 nitrogen and oxygen atoms in total. The van der Waals surface area contributed by atoms with Gasteiger partial charge in [-0.25, -0.2) is 4.79 Å². The Hall–Kier alpha value is -0.780. The van der Waals surface area contributed by atoms with Gasteiger partial charge in [0, 0.05) is 36.3 Å². The number of likely N-dealkylation sites (N-methyl/N-ethyl adjacent to an activating group) is 1. The summed E-state index contributed by atoms with van der Waals surface area (Å²) in [6, 6.07) is 3.64. The maximum absolute atomic E-state index is 12.2. The van der Waals surface area contributed by atoms with E-state index in [0.717, 1.165) is 41.9 Å². The Morgan fingerprint density at radius 3 is 2.58 bits per heavy atom. The highest BCUT2D eigenvalue weighted by atomic mass is 79.9. The third-order valence-corrected chi connectivity index (χ3v) is 4.75. The predicted molar refractivity (Wildman–Crippen MR) is 82.0 cm³/mol. The minimum Gasteiger partial charge on any atom is -0.322 e. The molecule has 6 heteroatoms. The van der Waals surface area contributed by atoms with Crippen molar-refractivity contribution in [1.29, 1.82) is 0 Å². The summed E-state index contributed by atoms with van der Waals surface area (Å²) in [5.74, 6) is 0. The van der Waals surface area contributed by atoms with Gasteiger partial charge in [0.05, 0.1) is 5.02 Å². The summed E-state index contributed by atoms with van der Waals surface area (Å²) in [5.41, 5.74) is 1.63. The number of urea groups is 1. The molecule has 0 bridgehead atoms. The molecule has 0 atom stereocenters. The van der Waals surface area contributed by atoms with Crippen molar-refractivity contribution in [3.63, 3.8) is 0 Å². The largest absolute Gasteiger partial charge is 0.322 e. The van der Waals surface area contributed by atoms with Crippen molar-refractivity contribution in [2.75, 3.05) is 38.5 Å². The quantitative estimate of drug-likeness (QED) is 0.847. The van der Waals surface area contributed by atoms with E-state index in [1.165, 1.54) is 0 Å². The van der Waals surface area contributed by atoms with Gasteiger partial charge < -0.3 is 15.1 Å². The van der Waals surface area contributed by atoms with Gasteiger partial charge in [-0.05, 0) is 47.6 Å². The Morgan fingerprint density at radius 1 is 1.32 bits per heavy atom. The van der Waals surface area contributed by atoms with Crippen LogP contribution in [0.25, 0.3) is 0 Å². The number of halogens is 2. The van der Waals surface area contributed by atoms with Gasteiger partial charge in [-0.3, -0.25) is 0 Å². The van der Waals surface area contributed by atoms with E-state index in [2.05, 4.69) is 33.2 Å². The van der Waals surface area contributed by atoms with E-state index in [0.29, 0.717) is 5.02 Å². The fourth-order valence-electron chi connectivity index (χ4n) is 1.99. The lowest BCUT2D eigenvalue weighted by Gasteiger charge is -2.32. The summed E-state index contributed by atoms with van der Waals surface area (Å²) in [7, 11) is 2.06. The van der Waals surface area contributed by atoms with Crippen molar-refractivity contribution >= 4 is 39.2 Å². The molecule has 1 aliphatic rings. The molecule has 0 aromatic heterocycles. The van der Waals surface area contributed by atoms with Gasteiger partial charge in [0.25, 0.3) is 0 Å². The van der Waals surface area contributed by atoms with Gasteiger partial charge in [-0.1, -0.05) is 11.6 Å². The Balaban J connectivity index is 2.05. The lowest BCUT2D eigenvalue weighted by atomic mass is 10.2. The van der Waals surface area contributed by atoms with Crippen molar-refractivity contribution in [1.82, 2.24) is 9.80 Å². The van der Waals surface area contributed by atoms with E-state index in [1.807, 2.05) is 24.0 Å². The van der Waals surface area contributed by atoms with Crippen LogP contribution in [-0.2, 0) is 0 Å². The molecule has 104 valence electrons. The zero-order chi connectivity index (χ0) is 14.0. The van der Waals surface area contributed by atoms with E-state index in [-0.39, 0.29) is 6.03 Å². The molecule has 1 fully saturated rings. The first-order chi connectivity index (χ1) is 8.99. The number of nitrogens with one attached hydrogen (secondary N) is 1. The SMILES string of the molecule is Cc1c(NC(=O)N2CCN(C)CC2)ccc(Br)c1Cl. The molecule has 0 saturated carbocycles. The van der Waals surface area contributed by atoms with Gasteiger partial charge in [0.2, 0.25) is 0 Å². The van der Waals surface area contributed by atoms with E-state index in [4.69, 9.17) is 11.6 Å². The van der Waals surface area contributed by atoms with Gasteiger partial charge in [-0.2, -0.15) is 0 Å². The summed E-state index contributed by atoms with van der Waals surface area (Å²) in [6.07, 6.45) is 0. The number of carbonyl (C=O) groups is 1. The first kappa shape index (κ1) is 14.6. The monoisotopic (exact) mass is 345 g/mol. The van der Waals surface area contributed by atoms with Crippen LogP contribution < -0.4 is 5.32 Å². The standard InChI is InChI=1S/C13H17BrClN3O/c1-9-11(4-3-10(14)12(9)15)16-13(19)18-7-5-17(2)6-8-18/h3-4H,5-8H2,1-2H3,(H,16,19). The number of carbonyl (C=O) groups excluding carboxylic acids is 1. The fraction of sp³-hybridized carbons (Fsp3) is 0.462. The van der Waals surface area contributed by atoms with Crippen LogP contribution in [0, 0.1) is 6.92 Å². The van der Waals surface area contributed by atoms with Crippen LogP contribution >= 0.6 is 27.5 Å². The third kappa shape index (κ3) is 3.41. The molecule has 0 unspecified atom stereocenters. The molecular weight excluding hydrogens is 330 g/mol. The normalized spacial score (nSPS) is 16.5. The van der Waals surface area contributed by atoms with Crippen LogP contribution in [0.4, 0.5) is 10.5 Å². The number of piperazine rings is 1. The van der Waals surface area contributed by atoms with Crippen LogP contribution in [0.15, 0.2) is 16.6 Å². The fourth-order valence-corrected chi connectivity index (χ4v) is 2.59. The van der Waals surface area contributed by atoms with Crippen molar-refractivity contribution < 1.29 is 4.79 Å². The summed E-state index contributed by atoms with van der Waals surface area (Å²) < 4.78 is 0.837. The molecule has 1 aromatic rings. The van der Waals surface area contributed by atoms with Crippen LogP contribution in [-0.4, -0.2) is 49.1 Å². The number of hydrogen-bond acceptors (Lipinski definition) is 2. The Labute approximate surface area is 126 Å². The zero-order valence-electron chi connectivity index (χ0n) is 11.0. The second kappa shape index (κ2) is 6.11. The molecule has 0 spiro atoms. The van der Waals surface area contributed by atoms with Gasteiger partial charge in [-0.15, -0.1) is 0 Å². The number of hydrogen-bond donors (Lipinski definition) is 1. The van der Waals surface area contributed by atoms with Crippen molar-refractivity contribution in [2.24, 2.45) is 0 Å². The molecule has 0 aliphatic carbocycles. The molecule has 1 N–H and O–H groups in total. The summed E-state index contributed by atoms with van der Waals surface area (Å²) in [6.45, 7) is 5.23. The summed E-state index contributed by atoms with van der Waals surface area (Å²) in [5, 5.41) is 3.56. The molecule has 2 rings (SSSR count). The molecule has 2 amide bonds. The molecule has 0 radical (unpaired) electrons. The molecule has 1 aromatic carbocycles. The zero-order valence-corrected chi connectivity index (χ0v) is 13.4. The Kier molecular flexibility index (Phi) is 4.71. The maximum Gasteiger partial charge on any atom is 0.321 e. The number of anilines is 1. The van der Waals surface area contributed by atoms with Gasteiger partial charge >= 0.3 is 6.03 Å². The van der Waals surface area contributed by atoms with E-state index >= 15 is 0 Å². The average molecular weight is 347 g/mol. The van der Waals surface area contributed by atoms with E-state index in [1.54, 1.807) is 0 Å². The second-order valence-corrected chi connectivity index (χ2v) is 5.99. The highest BCUT2D eigenvalue weighted by Crippen LogP contribution is 2.31. The first-order valence-corrected chi connectivity index (χ1v) is 7.35. The smallest absolute Gasteiger partial charge is 0.321 e. The minimum absolute atomic E-state index is 0.0606. The molecule has 1 saturated heterocycles. The van der Waals surface area contributed by atoms with Crippen molar-refractivity contribution in [2.45, 2.75) is 6.92 Å². The third-order valence-electron chi connectivity index (χ3n) is 3.37. The lowest BCUT2D eigenvalue weighted by Crippen LogP contribution is -2.48. The van der Waals surface area contributed by atoms with Crippen molar-refractivity contribution in [3.8, 4) is 0 Å². The number of rotatable bonds is 1. The molecule has 1 aliphatic heterocycles. The second-order valence-electron chi connectivity index (χ2n) is 4.75. The van der Waals surface area contributed by atoms with Gasteiger partial charge in [0.15, 0.2) is 0 Å². The topological polar surface area (TPSA) is 35.6 Å². The van der Waals surface area contributed by atoms with Crippen LogP contribution in [0.2, 0.25) is 5.02 Å². The average Bonchev–Trinajstić information content (AvgIpc) is 2.40. The van der Waals surface area contributed by atoms with Crippen LogP contribution in [0.1, 0.15) is 5.56 Å². The number of nitrogens with zero attached hydrogens (tertiary/aromatic N) is 2. The Morgan fingerprint density at radius 2 is 1.95 bits per heavy atom. The van der Waals surface area contributed by atoms with Crippen LogP contribution in [0.3, 0.4) is 0 Å².